The normalized spacial score (nSPS) is 14.8. The second-order valence-corrected chi connectivity index (χ2v) is 8.34. The van der Waals surface area contributed by atoms with Gasteiger partial charge in [-0.1, -0.05) is 23.9 Å². The summed E-state index contributed by atoms with van der Waals surface area (Å²) in [6, 6.07) is 9.08. The van der Waals surface area contributed by atoms with Gasteiger partial charge in [0.05, 0.1) is 17.9 Å². The van der Waals surface area contributed by atoms with Crippen LogP contribution in [0.25, 0.3) is 0 Å². The zero-order valence-corrected chi connectivity index (χ0v) is 18.5. The van der Waals surface area contributed by atoms with E-state index < -0.39 is 12.1 Å². The van der Waals surface area contributed by atoms with E-state index in [0.29, 0.717) is 39.7 Å². The van der Waals surface area contributed by atoms with E-state index in [2.05, 4.69) is 15.5 Å². The minimum Gasteiger partial charge on any atom is -0.485 e. The highest BCUT2D eigenvalue weighted by atomic mass is 32.2. The van der Waals surface area contributed by atoms with Gasteiger partial charge in [-0.05, 0) is 30.5 Å². The van der Waals surface area contributed by atoms with Crippen molar-refractivity contribution < 1.29 is 23.8 Å². The standard InChI is InChI=1S/C20H20N4O5S2/c1-3-27-19(26)12-8-9-30-18(12)21-16(25)11-31-20-23-22-17(24(20)2)15-10-28-13-6-4-5-7-14(13)29-15/h4-9,15H,3,10-11H2,1-2H3,(H,21,25). The number of hydrogen-bond donors (Lipinski definition) is 1. The summed E-state index contributed by atoms with van der Waals surface area (Å²) in [6.07, 6.45) is -0.395. The molecule has 1 N–H and O–H groups in total. The molecule has 162 valence electrons. The first-order valence-electron chi connectivity index (χ1n) is 9.51. The second kappa shape index (κ2) is 9.40. The van der Waals surface area contributed by atoms with Crippen molar-refractivity contribution >= 4 is 40.0 Å². The Hall–Kier alpha value is -3.05. The Morgan fingerprint density at radius 2 is 2.10 bits per heavy atom. The number of thiophene rings is 1. The van der Waals surface area contributed by atoms with Gasteiger partial charge in [-0.15, -0.1) is 21.5 Å². The van der Waals surface area contributed by atoms with Gasteiger partial charge in [0.2, 0.25) is 5.91 Å². The fourth-order valence-electron chi connectivity index (χ4n) is 2.95. The fourth-order valence-corrected chi connectivity index (χ4v) is 4.46. The van der Waals surface area contributed by atoms with Crippen LogP contribution in [-0.4, -0.2) is 45.6 Å². The lowest BCUT2D eigenvalue weighted by Gasteiger charge is -2.25. The predicted octanol–water partition coefficient (Wildman–Crippen LogP) is 3.30. The molecule has 0 spiro atoms. The average Bonchev–Trinajstić information content (AvgIpc) is 3.38. The van der Waals surface area contributed by atoms with Gasteiger partial charge in [-0.25, -0.2) is 4.79 Å². The number of para-hydroxylation sites is 2. The van der Waals surface area contributed by atoms with Crippen LogP contribution in [0, 0.1) is 0 Å². The zero-order valence-electron chi connectivity index (χ0n) is 16.9. The maximum Gasteiger partial charge on any atom is 0.341 e. The predicted molar refractivity (Wildman–Crippen MR) is 116 cm³/mol. The first-order valence-corrected chi connectivity index (χ1v) is 11.4. The number of amides is 1. The first kappa shape index (κ1) is 21.2. The van der Waals surface area contributed by atoms with Crippen LogP contribution in [0.5, 0.6) is 11.5 Å². The Labute approximate surface area is 186 Å². The summed E-state index contributed by atoms with van der Waals surface area (Å²) < 4.78 is 18.5. The summed E-state index contributed by atoms with van der Waals surface area (Å²) in [4.78, 5) is 24.3. The molecule has 1 amide bonds. The minimum absolute atomic E-state index is 0.108. The summed E-state index contributed by atoms with van der Waals surface area (Å²) in [5, 5.41) is 13.9. The topological polar surface area (TPSA) is 105 Å². The number of thioether (sulfide) groups is 1. The Bertz CT molecular complexity index is 1100. The quantitative estimate of drug-likeness (QED) is 0.423. The molecule has 0 saturated heterocycles. The van der Waals surface area contributed by atoms with E-state index in [-0.39, 0.29) is 18.3 Å². The number of aromatic nitrogens is 3. The van der Waals surface area contributed by atoms with Gasteiger partial charge in [-0.2, -0.15) is 0 Å². The first-order chi connectivity index (χ1) is 15.1. The summed E-state index contributed by atoms with van der Waals surface area (Å²) in [7, 11) is 1.82. The van der Waals surface area contributed by atoms with Crippen LogP contribution >= 0.6 is 23.1 Å². The Morgan fingerprint density at radius 1 is 1.29 bits per heavy atom. The van der Waals surface area contributed by atoms with Crippen molar-refractivity contribution in [1.82, 2.24) is 14.8 Å². The van der Waals surface area contributed by atoms with E-state index in [4.69, 9.17) is 14.2 Å². The van der Waals surface area contributed by atoms with Crippen LogP contribution in [0.15, 0.2) is 40.9 Å². The van der Waals surface area contributed by atoms with Crippen molar-refractivity contribution in [3.8, 4) is 11.5 Å². The molecule has 4 rings (SSSR count). The zero-order chi connectivity index (χ0) is 21.8. The number of esters is 1. The van der Waals surface area contributed by atoms with Crippen molar-refractivity contribution in [1.29, 1.82) is 0 Å². The number of anilines is 1. The van der Waals surface area contributed by atoms with Crippen LogP contribution < -0.4 is 14.8 Å². The number of hydrogen-bond acceptors (Lipinski definition) is 9. The van der Waals surface area contributed by atoms with Crippen LogP contribution in [0.1, 0.15) is 29.2 Å². The van der Waals surface area contributed by atoms with Crippen LogP contribution in [0.3, 0.4) is 0 Å². The third-order valence-electron chi connectivity index (χ3n) is 4.41. The highest BCUT2D eigenvalue weighted by Crippen LogP contribution is 2.35. The molecule has 3 heterocycles. The smallest absolute Gasteiger partial charge is 0.341 e. The molecule has 0 aliphatic carbocycles. The molecule has 0 radical (unpaired) electrons. The molecule has 11 heteroatoms. The van der Waals surface area contributed by atoms with Crippen molar-refractivity contribution in [3.05, 3.63) is 47.1 Å². The molecule has 0 saturated carbocycles. The number of nitrogens with zero attached hydrogens (tertiary/aromatic N) is 3. The van der Waals surface area contributed by atoms with E-state index in [9.17, 15) is 9.59 Å². The average molecular weight is 461 g/mol. The number of ether oxygens (including phenoxy) is 3. The van der Waals surface area contributed by atoms with Crippen molar-refractivity contribution in [2.24, 2.45) is 7.05 Å². The number of carbonyl (C=O) groups excluding carboxylic acids is 2. The van der Waals surface area contributed by atoms with E-state index in [0.717, 1.165) is 0 Å². The highest BCUT2D eigenvalue weighted by molar-refractivity contribution is 7.99. The number of nitrogens with one attached hydrogen (secondary N) is 1. The van der Waals surface area contributed by atoms with Gasteiger partial charge < -0.3 is 24.1 Å². The molecule has 0 bridgehead atoms. The lowest BCUT2D eigenvalue weighted by atomic mass is 10.2. The molecule has 3 aromatic rings. The molecule has 2 aromatic heterocycles. The summed E-state index contributed by atoms with van der Waals surface area (Å²) >= 11 is 2.51. The molecule has 1 aliphatic rings. The molecule has 31 heavy (non-hydrogen) atoms. The summed E-state index contributed by atoms with van der Waals surface area (Å²) in [5.41, 5.74) is 0.348. The van der Waals surface area contributed by atoms with Crippen molar-refractivity contribution in [2.45, 2.75) is 18.2 Å². The van der Waals surface area contributed by atoms with Gasteiger partial charge in [-0.3, -0.25) is 4.79 Å². The molecule has 0 fully saturated rings. The van der Waals surface area contributed by atoms with E-state index in [1.165, 1.54) is 23.1 Å². The molecular weight excluding hydrogens is 440 g/mol. The Kier molecular flexibility index (Phi) is 6.42. The third kappa shape index (κ3) is 4.67. The molecule has 1 atom stereocenters. The minimum atomic E-state index is -0.457. The summed E-state index contributed by atoms with van der Waals surface area (Å²) in [6.45, 7) is 2.33. The number of carbonyl (C=O) groups is 2. The van der Waals surface area contributed by atoms with E-state index in [1.807, 2.05) is 31.3 Å². The third-order valence-corrected chi connectivity index (χ3v) is 6.26. The lowest BCUT2D eigenvalue weighted by molar-refractivity contribution is -0.113. The maximum atomic E-state index is 12.4. The molecule has 1 aromatic carbocycles. The van der Waals surface area contributed by atoms with Crippen LogP contribution in [-0.2, 0) is 16.6 Å². The maximum absolute atomic E-state index is 12.4. The Balaban J connectivity index is 1.36. The van der Waals surface area contributed by atoms with Crippen molar-refractivity contribution in [2.75, 3.05) is 24.3 Å². The lowest BCUT2D eigenvalue weighted by Crippen LogP contribution is -2.24. The number of fused-ring (bicyclic) bond motifs is 1. The second-order valence-electron chi connectivity index (χ2n) is 6.48. The van der Waals surface area contributed by atoms with Gasteiger partial charge in [0.15, 0.2) is 28.6 Å². The van der Waals surface area contributed by atoms with Gasteiger partial charge in [0, 0.05) is 7.05 Å². The molecule has 9 nitrogen and oxygen atoms in total. The SMILES string of the molecule is CCOC(=O)c1ccsc1NC(=O)CSc1nnc(C2COc3ccccc3O2)n1C. The monoisotopic (exact) mass is 460 g/mol. The fraction of sp³-hybridized carbons (Fsp3) is 0.300. The number of benzene rings is 1. The summed E-state index contributed by atoms with van der Waals surface area (Å²) in [5.74, 6) is 1.36. The van der Waals surface area contributed by atoms with Crippen LogP contribution in [0.4, 0.5) is 5.00 Å². The molecular formula is C20H20N4O5S2. The van der Waals surface area contributed by atoms with E-state index in [1.54, 1.807) is 22.9 Å². The molecule has 1 unspecified atom stereocenters. The highest BCUT2D eigenvalue weighted by Gasteiger charge is 2.27. The number of rotatable bonds is 7. The largest absolute Gasteiger partial charge is 0.485 e. The molecule has 1 aliphatic heterocycles. The van der Waals surface area contributed by atoms with Gasteiger partial charge in [0.1, 0.15) is 11.6 Å². The van der Waals surface area contributed by atoms with Gasteiger partial charge >= 0.3 is 5.97 Å². The van der Waals surface area contributed by atoms with Gasteiger partial charge in [0.25, 0.3) is 0 Å². The Morgan fingerprint density at radius 3 is 2.90 bits per heavy atom. The van der Waals surface area contributed by atoms with Crippen LogP contribution in [0.2, 0.25) is 0 Å². The van der Waals surface area contributed by atoms with E-state index >= 15 is 0 Å². The van der Waals surface area contributed by atoms with Crippen molar-refractivity contribution in [3.63, 3.8) is 0 Å².